The quantitative estimate of drug-likeness (QED) is 0.437. The zero-order valence-electron chi connectivity index (χ0n) is 19.1. The Bertz CT molecular complexity index is 987. The number of carbonyl (C=O) groups excluding carboxylic acids is 1. The van der Waals surface area contributed by atoms with Crippen LogP contribution in [-0.4, -0.2) is 69.0 Å². The van der Waals surface area contributed by atoms with Crippen molar-refractivity contribution < 1.29 is 28.1 Å². The van der Waals surface area contributed by atoms with Crippen LogP contribution in [0, 0.1) is 5.82 Å². The van der Waals surface area contributed by atoms with E-state index in [-0.39, 0.29) is 24.1 Å². The van der Waals surface area contributed by atoms with Gasteiger partial charge in [-0.3, -0.25) is 4.79 Å². The summed E-state index contributed by atoms with van der Waals surface area (Å²) in [7, 11) is 3.28. The minimum Gasteiger partial charge on any atom is -0.497 e. The van der Waals surface area contributed by atoms with Crippen molar-refractivity contribution in [1.29, 1.82) is 0 Å². The Balaban J connectivity index is 1.50. The van der Waals surface area contributed by atoms with Gasteiger partial charge in [-0.05, 0) is 67.5 Å². The molecule has 0 bridgehead atoms. The molecule has 0 amide bonds. The number of hydrogen-bond acceptors (Lipinski definition) is 6. The smallest absolute Gasteiger partial charge is 0.169 e. The van der Waals surface area contributed by atoms with E-state index in [4.69, 9.17) is 31.2 Å². The van der Waals surface area contributed by atoms with Gasteiger partial charge in [0.15, 0.2) is 10.9 Å². The van der Waals surface area contributed by atoms with Crippen molar-refractivity contribution in [3.05, 3.63) is 53.3 Å². The maximum absolute atomic E-state index is 13.5. The third-order valence-electron chi connectivity index (χ3n) is 5.33. The lowest BCUT2D eigenvalue weighted by Gasteiger charge is -2.34. The lowest BCUT2D eigenvalue weighted by Crippen LogP contribution is -2.51. The van der Waals surface area contributed by atoms with Gasteiger partial charge in [-0.15, -0.1) is 0 Å². The maximum Gasteiger partial charge on any atom is 0.169 e. The van der Waals surface area contributed by atoms with Crippen molar-refractivity contribution in [2.24, 2.45) is 0 Å². The molecule has 7 nitrogen and oxygen atoms in total. The summed E-state index contributed by atoms with van der Waals surface area (Å²) in [5.74, 6) is 1.19. The average Bonchev–Trinajstić information content (AvgIpc) is 2.83. The molecule has 2 aromatic carbocycles. The van der Waals surface area contributed by atoms with Gasteiger partial charge < -0.3 is 29.2 Å². The number of methoxy groups -OCH3 is 2. The van der Waals surface area contributed by atoms with Crippen LogP contribution in [0.25, 0.3) is 0 Å². The molecule has 1 saturated heterocycles. The molecule has 33 heavy (non-hydrogen) atoms. The molecule has 0 saturated carbocycles. The van der Waals surface area contributed by atoms with Gasteiger partial charge in [0.25, 0.3) is 0 Å². The van der Waals surface area contributed by atoms with E-state index in [9.17, 15) is 9.18 Å². The Morgan fingerprint density at radius 3 is 2.73 bits per heavy atom. The topological polar surface area (TPSA) is 69.3 Å². The van der Waals surface area contributed by atoms with Crippen molar-refractivity contribution in [2.75, 3.05) is 47.1 Å². The average molecular weight is 477 g/mol. The zero-order chi connectivity index (χ0) is 23.8. The molecular formula is C24H29FN2O5S. The minimum atomic E-state index is -0.476. The number of hydrogen-bond donors (Lipinski definition) is 1. The highest BCUT2D eigenvalue weighted by Crippen LogP contribution is 2.24. The lowest BCUT2D eigenvalue weighted by atomic mass is 10.1. The van der Waals surface area contributed by atoms with Crippen LogP contribution in [0.5, 0.6) is 17.2 Å². The predicted octanol–water partition coefficient (Wildman–Crippen LogP) is 3.24. The van der Waals surface area contributed by atoms with Crippen LogP contribution in [0.3, 0.4) is 0 Å². The number of carbonyl (C=O) groups is 1. The first kappa shape index (κ1) is 24.7. The van der Waals surface area contributed by atoms with Gasteiger partial charge in [0.2, 0.25) is 0 Å². The second kappa shape index (κ2) is 11.8. The van der Waals surface area contributed by atoms with Gasteiger partial charge in [-0.2, -0.15) is 0 Å². The molecule has 1 N–H and O–H groups in total. The number of Topliss-reactive ketones (excluding diaryl/α,β-unsaturated/α-hetero) is 1. The van der Waals surface area contributed by atoms with Crippen LogP contribution in [-0.2, 0) is 11.2 Å². The minimum absolute atomic E-state index is 0.216. The second-order valence-electron chi connectivity index (χ2n) is 7.61. The summed E-state index contributed by atoms with van der Waals surface area (Å²) in [5.41, 5.74) is 1.24. The zero-order valence-corrected chi connectivity index (χ0v) is 19.9. The largest absolute Gasteiger partial charge is 0.497 e. The number of morpholine rings is 1. The van der Waals surface area contributed by atoms with Gasteiger partial charge in [-0.1, -0.05) is 0 Å². The summed E-state index contributed by atoms with van der Waals surface area (Å²) in [6, 6.07) is 9.62. The molecule has 0 aromatic heterocycles. The van der Waals surface area contributed by atoms with Gasteiger partial charge in [0.1, 0.15) is 35.8 Å². The third kappa shape index (κ3) is 6.79. The number of thiocarbonyl (C=S) groups is 1. The van der Waals surface area contributed by atoms with Crippen LogP contribution in [0.2, 0.25) is 0 Å². The number of ketones is 1. The summed E-state index contributed by atoms with van der Waals surface area (Å²) in [4.78, 5) is 13.8. The SMILES string of the molecule is COc1ccc(OC)c(CCNC(=S)N2CCOC(COc3ccc(F)cc3C(C)=O)C2)c1. The molecule has 3 rings (SSSR count). The van der Waals surface area contributed by atoms with Crippen molar-refractivity contribution in [2.45, 2.75) is 19.4 Å². The van der Waals surface area contributed by atoms with Gasteiger partial charge in [0.05, 0.1) is 26.4 Å². The summed E-state index contributed by atoms with van der Waals surface area (Å²) >= 11 is 5.58. The second-order valence-corrected chi connectivity index (χ2v) is 7.99. The van der Waals surface area contributed by atoms with E-state index < -0.39 is 5.82 Å². The Morgan fingerprint density at radius 2 is 2.00 bits per heavy atom. The fraction of sp³-hybridized carbons (Fsp3) is 0.417. The first-order chi connectivity index (χ1) is 15.9. The fourth-order valence-electron chi connectivity index (χ4n) is 3.58. The molecule has 0 aliphatic carbocycles. The third-order valence-corrected chi connectivity index (χ3v) is 5.73. The number of rotatable bonds is 9. The molecule has 178 valence electrons. The van der Waals surface area contributed by atoms with E-state index in [1.165, 1.54) is 25.1 Å². The van der Waals surface area contributed by atoms with Crippen LogP contribution in [0.15, 0.2) is 36.4 Å². The Morgan fingerprint density at radius 1 is 1.21 bits per heavy atom. The monoisotopic (exact) mass is 476 g/mol. The molecule has 1 atom stereocenters. The fourth-order valence-corrected chi connectivity index (χ4v) is 3.85. The normalized spacial score (nSPS) is 15.6. The Hall–Kier alpha value is -2.91. The van der Waals surface area contributed by atoms with Crippen molar-refractivity contribution >= 4 is 23.1 Å². The van der Waals surface area contributed by atoms with E-state index in [1.807, 2.05) is 23.1 Å². The van der Waals surface area contributed by atoms with Crippen LogP contribution >= 0.6 is 12.2 Å². The molecule has 0 spiro atoms. The first-order valence-corrected chi connectivity index (χ1v) is 11.1. The molecular weight excluding hydrogens is 447 g/mol. The number of benzene rings is 2. The first-order valence-electron chi connectivity index (χ1n) is 10.7. The standard InChI is InChI=1S/C24H29FN2O5S/c1-16(28)21-13-18(25)4-6-23(21)32-15-20-14-27(10-11-31-20)24(33)26-9-8-17-12-19(29-2)5-7-22(17)30-3/h4-7,12-13,20H,8-11,14-15H2,1-3H3,(H,26,33). The van der Waals surface area contributed by atoms with Crippen molar-refractivity contribution in [1.82, 2.24) is 10.2 Å². The van der Waals surface area contributed by atoms with E-state index in [0.29, 0.717) is 37.1 Å². The molecule has 2 aromatic rings. The van der Waals surface area contributed by atoms with Gasteiger partial charge in [-0.25, -0.2) is 4.39 Å². The molecule has 1 aliphatic rings. The number of nitrogens with one attached hydrogen (secondary N) is 1. The summed E-state index contributed by atoms with van der Waals surface area (Å²) < 4.78 is 35.8. The highest BCUT2D eigenvalue weighted by Gasteiger charge is 2.23. The molecule has 1 fully saturated rings. The van der Waals surface area contributed by atoms with E-state index in [2.05, 4.69) is 5.32 Å². The number of ether oxygens (including phenoxy) is 4. The Labute approximate surface area is 198 Å². The highest BCUT2D eigenvalue weighted by molar-refractivity contribution is 7.80. The highest BCUT2D eigenvalue weighted by atomic mass is 32.1. The maximum atomic E-state index is 13.5. The van der Waals surface area contributed by atoms with Crippen LogP contribution in [0.4, 0.5) is 4.39 Å². The predicted molar refractivity (Wildman–Crippen MR) is 127 cm³/mol. The van der Waals surface area contributed by atoms with Crippen molar-refractivity contribution in [3.63, 3.8) is 0 Å². The lowest BCUT2D eigenvalue weighted by molar-refractivity contribution is -0.0289. The Kier molecular flexibility index (Phi) is 8.85. The summed E-state index contributed by atoms with van der Waals surface area (Å²) in [6.07, 6.45) is 0.484. The van der Waals surface area contributed by atoms with E-state index in [0.717, 1.165) is 23.5 Å². The van der Waals surface area contributed by atoms with Crippen LogP contribution in [0.1, 0.15) is 22.8 Å². The van der Waals surface area contributed by atoms with Crippen LogP contribution < -0.4 is 19.5 Å². The molecule has 9 heteroatoms. The van der Waals surface area contributed by atoms with Gasteiger partial charge in [0, 0.05) is 19.6 Å². The number of halogens is 1. The molecule has 0 radical (unpaired) electrons. The van der Waals surface area contributed by atoms with E-state index in [1.54, 1.807) is 14.2 Å². The summed E-state index contributed by atoms with van der Waals surface area (Å²) in [5, 5.41) is 3.93. The summed E-state index contributed by atoms with van der Waals surface area (Å²) in [6.45, 7) is 3.96. The molecule has 1 heterocycles. The molecule has 1 unspecified atom stereocenters. The van der Waals surface area contributed by atoms with Crippen molar-refractivity contribution in [3.8, 4) is 17.2 Å². The molecule has 1 aliphatic heterocycles. The number of nitrogens with zero attached hydrogens (tertiary/aromatic N) is 1. The van der Waals surface area contributed by atoms with E-state index >= 15 is 0 Å². The van der Waals surface area contributed by atoms with Gasteiger partial charge >= 0.3 is 0 Å².